The number of ketones is 1. The number of allylic oxidation sites excluding steroid dienone is 1. The number of esters is 4. The number of ether oxygens (including phenoxy) is 5. The number of para-hydroxylation sites is 1. The number of anilines is 1. The van der Waals surface area contributed by atoms with Crippen LogP contribution in [0.25, 0.3) is 0 Å². The minimum atomic E-state index is -2.02. The lowest BCUT2D eigenvalue weighted by Gasteiger charge is -2.44. The van der Waals surface area contributed by atoms with E-state index in [-0.39, 0.29) is 49.2 Å². The zero-order chi connectivity index (χ0) is 55.8. The molecule has 0 radical (unpaired) electrons. The van der Waals surface area contributed by atoms with E-state index in [0.717, 1.165) is 13.2 Å². The summed E-state index contributed by atoms with van der Waals surface area (Å²) in [7, 11) is 1.13. The van der Waals surface area contributed by atoms with E-state index in [1.807, 2.05) is 31.2 Å². The van der Waals surface area contributed by atoms with Gasteiger partial charge in [0.15, 0.2) is 5.78 Å². The molecule has 6 rings (SSSR count). The molecule has 2 heterocycles. The standard InChI is InChI=1S/C60H71NO15/c1-10-56(4,53(69)75-33-44-32-74-44)34-60(8,54(70)73-29-28-62)37-58(6,51(66)67)36-59(7,52(68)72-9)35-57(5,55(71)76-43-26-27-45(47(63)30-43)49(64)41-22-16-12-17-23-41)31-46(40-20-14-11-15-21-40)48-38(2)39(3)61(50(48)65)42-24-18-13-19-25-42/h11-27,30,38,44,46,48,62-63H,3,10,28-29,31-37H2,1-2,4-9H3,(H,66,67). The molecule has 3 N–H and O–H groups in total. The summed E-state index contributed by atoms with van der Waals surface area (Å²) in [6.45, 7) is 14.9. The Morgan fingerprint density at radius 2 is 1.28 bits per heavy atom. The van der Waals surface area contributed by atoms with E-state index in [1.165, 1.54) is 32.9 Å². The van der Waals surface area contributed by atoms with Gasteiger partial charge in [0.2, 0.25) is 5.91 Å². The van der Waals surface area contributed by atoms with E-state index < -0.39 is 119 Å². The van der Waals surface area contributed by atoms with Crippen molar-refractivity contribution in [3.05, 3.63) is 138 Å². The average Bonchev–Trinajstić information content (AvgIpc) is 4.20. The highest BCUT2D eigenvalue weighted by Gasteiger charge is 2.57. The van der Waals surface area contributed by atoms with Gasteiger partial charge >= 0.3 is 29.8 Å². The molecule has 0 spiro atoms. The predicted octanol–water partition coefficient (Wildman–Crippen LogP) is 9.25. The van der Waals surface area contributed by atoms with Crippen LogP contribution in [-0.4, -0.2) is 96.5 Å². The molecule has 0 aromatic heterocycles. The van der Waals surface area contributed by atoms with Crippen LogP contribution in [0.1, 0.15) is 114 Å². The lowest BCUT2D eigenvalue weighted by atomic mass is 9.58. The van der Waals surface area contributed by atoms with Gasteiger partial charge in [0.1, 0.15) is 30.8 Å². The second-order valence-corrected chi connectivity index (χ2v) is 21.9. The molecule has 2 aliphatic rings. The van der Waals surface area contributed by atoms with Crippen molar-refractivity contribution in [1.82, 2.24) is 0 Å². The van der Waals surface area contributed by atoms with Crippen LogP contribution in [0.15, 0.2) is 121 Å². The number of aliphatic carboxylic acids is 1. The number of aromatic hydroxyl groups is 1. The van der Waals surface area contributed by atoms with E-state index in [9.17, 15) is 44.1 Å². The Kier molecular flexibility index (Phi) is 18.2. The smallest absolute Gasteiger partial charge is 0.317 e. The van der Waals surface area contributed by atoms with Gasteiger partial charge < -0.3 is 39.0 Å². The first-order valence-electron chi connectivity index (χ1n) is 25.5. The first-order chi connectivity index (χ1) is 35.9. The zero-order valence-electron chi connectivity index (χ0n) is 44.7. The summed E-state index contributed by atoms with van der Waals surface area (Å²) in [6, 6.07) is 30.2. The first kappa shape index (κ1) is 58.1. The molecule has 1 amide bonds. The van der Waals surface area contributed by atoms with E-state index in [4.69, 9.17) is 23.7 Å². The molecule has 2 fully saturated rings. The third kappa shape index (κ3) is 12.9. The zero-order valence-corrected chi connectivity index (χ0v) is 44.7. The number of nitrogens with zero attached hydrogens (tertiary/aromatic N) is 1. The second-order valence-electron chi connectivity index (χ2n) is 21.9. The number of carboxylic acid groups (broad SMARTS) is 1. The Morgan fingerprint density at radius 3 is 1.82 bits per heavy atom. The van der Waals surface area contributed by atoms with E-state index in [0.29, 0.717) is 29.1 Å². The number of aliphatic hydroxyl groups is 1. The molecule has 16 heteroatoms. The monoisotopic (exact) mass is 1050 g/mol. The van der Waals surface area contributed by atoms with Crippen molar-refractivity contribution in [2.75, 3.05) is 38.4 Å². The Balaban J connectivity index is 1.46. The SMILES string of the molecule is C=C1C(C)C(C(CC(C)(CC(C)(CC(C)(CC(C)(CC(C)(CC)C(=O)OCC2CO2)C(=O)OCCO)C(=O)O)C(=O)OC)C(=O)Oc2ccc(C(=O)c3ccccc3)c(O)c2)c2ccccc2)C(=O)N1c1ccccc1. The van der Waals surface area contributed by atoms with Crippen LogP contribution in [0.5, 0.6) is 11.5 Å². The quantitative estimate of drug-likeness (QED) is 0.0175. The van der Waals surface area contributed by atoms with Crippen molar-refractivity contribution in [3.63, 3.8) is 0 Å². The molecule has 4 aromatic rings. The van der Waals surface area contributed by atoms with E-state index >= 15 is 4.79 Å². The van der Waals surface area contributed by atoms with Crippen molar-refractivity contribution in [2.45, 2.75) is 99.0 Å². The van der Waals surface area contributed by atoms with Gasteiger partial charge in [0, 0.05) is 28.9 Å². The number of hydrogen-bond donors (Lipinski definition) is 3. The number of methoxy groups -OCH3 is 1. The van der Waals surface area contributed by atoms with Gasteiger partial charge in [-0.25, -0.2) is 0 Å². The molecule has 406 valence electrons. The summed E-state index contributed by atoms with van der Waals surface area (Å²) in [5, 5.41) is 32.3. The summed E-state index contributed by atoms with van der Waals surface area (Å²) in [6.07, 6.45) is -2.02. The van der Waals surface area contributed by atoms with Crippen molar-refractivity contribution < 1.29 is 72.6 Å². The third-order valence-corrected chi connectivity index (χ3v) is 15.4. The Bertz CT molecular complexity index is 2780. The molecule has 16 nitrogen and oxygen atoms in total. The molecule has 9 unspecified atom stereocenters. The van der Waals surface area contributed by atoms with E-state index in [2.05, 4.69) is 6.58 Å². The Morgan fingerprint density at radius 1 is 0.737 bits per heavy atom. The minimum Gasteiger partial charge on any atom is -0.507 e. The van der Waals surface area contributed by atoms with Gasteiger partial charge in [-0.3, -0.25) is 38.5 Å². The predicted molar refractivity (Wildman–Crippen MR) is 281 cm³/mol. The lowest BCUT2D eigenvalue weighted by molar-refractivity contribution is -0.171. The number of benzene rings is 4. The summed E-state index contributed by atoms with van der Waals surface area (Å²) in [5.74, 6) is -8.28. The molecule has 0 saturated carbocycles. The fourth-order valence-electron chi connectivity index (χ4n) is 11.4. The fraction of sp³-hybridized carbons (Fsp3) is 0.450. The molecular formula is C60H71NO15. The van der Waals surface area contributed by atoms with Crippen LogP contribution in [0.3, 0.4) is 0 Å². The number of phenols is 1. The van der Waals surface area contributed by atoms with Crippen molar-refractivity contribution >= 4 is 47.2 Å². The number of epoxide rings is 1. The minimum absolute atomic E-state index is 0.00892. The van der Waals surface area contributed by atoms with Crippen LogP contribution >= 0.6 is 0 Å². The number of carboxylic acids is 1. The van der Waals surface area contributed by atoms with Gasteiger partial charge in [-0.1, -0.05) is 99.3 Å². The van der Waals surface area contributed by atoms with Crippen molar-refractivity contribution in [3.8, 4) is 11.5 Å². The molecular weight excluding hydrogens is 975 g/mol. The van der Waals surface area contributed by atoms with E-state index in [1.54, 1.807) is 92.4 Å². The lowest BCUT2D eigenvalue weighted by Crippen LogP contribution is -2.49. The van der Waals surface area contributed by atoms with Crippen molar-refractivity contribution in [2.24, 2.45) is 38.9 Å². The molecule has 76 heavy (non-hydrogen) atoms. The molecule has 0 aliphatic carbocycles. The summed E-state index contributed by atoms with van der Waals surface area (Å²) in [5.41, 5.74) is -6.81. The maximum atomic E-state index is 15.5. The number of amides is 1. The van der Waals surface area contributed by atoms with Gasteiger partial charge in [-0.15, -0.1) is 0 Å². The molecule has 0 bridgehead atoms. The van der Waals surface area contributed by atoms with Gasteiger partial charge in [0.05, 0.1) is 58.9 Å². The number of aliphatic hydroxyl groups excluding tert-OH is 1. The second kappa shape index (κ2) is 23.8. The van der Waals surface area contributed by atoms with Crippen LogP contribution in [-0.2, 0) is 47.7 Å². The number of phenolic OH excluding ortho intramolecular Hbond substituents is 1. The third-order valence-electron chi connectivity index (χ3n) is 15.4. The number of rotatable bonds is 26. The summed E-state index contributed by atoms with van der Waals surface area (Å²) >= 11 is 0. The summed E-state index contributed by atoms with van der Waals surface area (Å²) in [4.78, 5) is 102. The molecule has 4 aromatic carbocycles. The van der Waals surface area contributed by atoms with Gasteiger partial charge in [0.25, 0.3) is 0 Å². The molecule has 2 aliphatic heterocycles. The normalized spacial score (nSPS) is 20.5. The molecule has 2 saturated heterocycles. The van der Waals surface area contributed by atoms with Crippen LogP contribution in [0, 0.1) is 38.9 Å². The largest absolute Gasteiger partial charge is 0.507 e. The molecule has 9 atom stereocenters. The topological polar surface area (TPSA) is 233 Å². The van der Waals surface area contributed by atoms with Gasteiger partial charge in [-0.05, 0) is 109 Å². The summed E-state index contributed by atoms with van der Waals surface area (Å²) < 4.78 is 27.9. The van der Waals surface area contributed by atoms with Crippen LogP contribution in [0.2, 0.25) is 0 Å². The fourth-order valence-corrected chi connectivity index (χ4v) is 11.4. The Labute approximate surface area is 444 Å². The number of hydrogen-bond acceptors (Lipinski definition) is 14. The highest BCUT2D eigenvalue weighted by Crippen LogP contribution is 2.55. The maximum absolute atomic E-state index is 15.5. The van der Waals surface area contributed by atoms with Gasteiger partial charge in [-0.2, -0.15) is 0 Å². The number of carbonyl (C=O) groups is 7. The van der Waals surface area contributed by atoms with Crippen LogP contribution in [0.4, 0.5) is 5.69 Å². The highest BCUT2D eigenvalue weighted by molar-refractivity contribution is 6.10. The highest BCUT2D eigenvalue weighted by atomic mass is 16.6. The average molecular weight is 1050 g/mol. The van der Waals surface area contributed by atoms with Crippen molar-refractivity contribution in [1.29, 1.82) is 0 Å². The number of carbonyl (C=O) groups excluding carboxylic acids is 6. The van der Waals surface area contributed by atoms with Crippen LogP contribution < -0.4 is 9.64 Å². The maximum Gasteiger partial charge on any atom is 0.317 e. The Hall–Kier alpha value is -7.17. The first-order valence-corrected chi connectivity index (χ1v) is 25.5.